The topological polar surface area (TPSA) is 13.1 Å². The highest BCUT2D eigenvalue weighted by atomic mass is 35.5. The molecule has 1 unspecified atom stereocenters. The van der Waals surface area contributed by atoms with Gasteiger partial charge in [-0.2, -0.15) is 0 Å². The smallest absolute Gasteiger partial charge is 0.123 e. The highest BCUT2D eigenvalue weighted by molar-refractivity contribution is 6.21. The van der Waals surface area contributed by atoms with Gasteiger partial charge in [0.05, 0.1) is 11.6 Å². The molecule has 3 heteroatoms. The molecule has 0 aliphatic heterocycles. The zero-order valence-electron chi connectivity index (χ0n) is 8.91. The highest BCUT2D eigenvalue weighted by Gasteiger charge is 2.13. The molecular formula is C13H12ClFO. The molecule has 1 aromatic carbocycles. The van der Waals surface area contributed by atoms with Crippen LogP contribution >= 0.6 is 11.6 Å². The van der Waals surface area contributed by atoms with Gasteiger partial charge in [-0.15, -0.1) is 11.6 Å². The van der Waals surface area contributed by atoms with Crippen molar-refractivity contribution in [1.29, 1.82) is 0 Å². The number of aryl methyl sites for hydroxylation is 1. The SMILES string of the molecule is Cc1occc1C(Cl)Cc1ccc(F)cc1. The third-order valence-corrected chi connectivity index (χ3v) is 2.95. The second-order valence-corrected chi connectivity index (χ2v) is 4.26. The molecule has 1 nitrogen and oxygen atoms in total. The maximum absolute atomic E-state index is 12.7. The van der Waals surface area contributed by atoms with E-state index in [1.165, 1.54) is 12.1 Å². The van der Waals surface area contributed by atoms with E-state index in [9.17, 15) is 4.39 Å². The number of alkyl halides is 1. The third kappa shape index (κ3) is 2.45. The van der Waals surface area contributed by atoms with Crippen molar-refractivity contribution in [3.8, 4) is 0 Å². The second-order valence-electron chi connectivity index (χ2n) is 3.73. The van der Waals surface area contributed by atoms with Gasteiger partial charge in [0.2, 0.25) is 0 Å². The van der Waals surface area contributed by atoms with Crippen LogP contribution < -0.4 is 0 Å². The minimum absolute atomic E-state index is 0.135. The Kier molecular flexibility index (Phi) is 3.30. The standard InChI is InChI=1S/C13H12ClFO/c1-9-12(6-7-16-9)13(14)8-10-2-4-11(15)5-3-10/h2-7,13H,8H2,1H3. The third-order valence-electron chi connectivity index (χ3n) is 2.56. The van der Waals surface area contributed by atoms with E-state index in [-0.39, 0.29) is 11.2 Å². The highest BCUT2D eigenvalue weighted by Crippen LogP contribution is 2.28. The van der Waals surface area contributed by atoms with Crippen LogP contribution in [0.15, 0.2) is 41.0 Å². The van der Waals surface area contributed by atoms with Gasteiger partial charge in [-0.3, -0.25) is 0 Å². The summed E-state index contributed by atoms with van der Waals surface area (Å²) in [6.45, 7) is 1.88. The van der Waals surface area contributed by atoms with Crippen LogP contribution in [0.5, 0.6) is 0 Å². The first-order chi connectivity index (χ1) is 7.66. The molecule has 84 valence electrons. The Labute approximate surface area is 98.8 Å². The minimum atomic E-state index is -0.227. The quantitative estimate of drug-likeness (QED) is 0.729. The molecular weight excluding hydrogens is 227 g/mol. The van der Waals surface area contributed by atoms with E-state index in [0.717, 1.165) is 16.9 Å². The lowest BCUT2D eigenvalue weighted by Gasteiger charge is -2.08. The molecule has 0 N–H and O–H groups in total. The second kappa shape index (κ2) is 4.71. The predicted octanol–water partition coefficient (Wildman–Crippen LogP) is 4.25. The van der Waals surface area contributed by atoms with Crippen LogP contribution in [0.2, 0.25) is 0 Å². The first kappa shape index (κ1) is 11.2. The summed E-state index contributed by atoms with van der Waals surface area (Å²) in [6, 6.07) is 8.26. The molecule has 1 aromatic heterocycles. The maximum Gasteiger partial charge on any atom is 0.123 e. The van der Waals surface area contributed by atoms with Crippen LogP contribution in [0.25, 0.3) is 0 Å². The van der Waals surface area contributed by atoms with Crippen molar-refractivity contribution in [2.45, 2.75) is 18.7 Å². The molecule has 0 saturated heterocycles. The lowest BCUT2D eigenvalue weighted by molar-refractivity contribution is 0.529. The molecule has 0 radical (unpaired) electrons. The summed E-state index contributed by atoms with van der Waals surface area (Å²) in [5.74, 6) is 0.608. The minimum Gasteiger partial charge on any atom is -0.469 e. The Morgan fingerprint density at radius 3 is 2.50 bits per heavy atom. The Bertz CT molecular complexity index is 461. The predicted molar refractivity (Wildman–Crippen MR) is 62.1 cm³/mol. The van der Waals surface area contributed by atoms with E-state index < -0.39 is 0 Å². The largest absolute Gasteiger partial charge is 0.469 e. The zero-order valence-corrected chi connectivity index (χ0v) is 9.67. The van der Waals surface area contributed by atoms with Crippen LogP contribution in [0, 0.1) is 12.7 Å². The van der Waals surface area contributed by atoms with Gasteiger partial charge >= 0.3 is 0 Å². The molecule has 16 heavy (non-hydrogen) atoms. The van der Waals surface area contributed by atoms with Crippen molar-refractivity contribution in [2.75, 3.05) is 0 Å². The van der Waals surface area contributed by atoms with Gasteiger partial charge in [0, 0.05) is 5.56 Å². The Hall–Kier alpha value is -1.28. The first-order valence-corrected chi connectivity index (χ1v) is 5.53. The van der Waals surface area contributed by atoms with E-state index in [1.54, 1.807) is 18.4 Å². The number of benzene rings is 1. The zero-order chi connectivity index (χ0) is 11.5. The number of halogens is 2. The summed E-state index contributed by atoms with van der Waals surface area (Å²) in [7, 11) is 0. The summed E-state index contributed by atoms with van der Waals surface area (Å²) in [6.07, 6.45) is 2.30. The van der Waals surface area contributed by atoms with Crippen molar-refractivity contribution in [1.82, 2.24) is 0 Å². The monoisotopic (exact) mass is 238 g/mol. The number of hydrogen-bond acceptors (Lipinski definition) is 1. The van der Waals surface area contributed by atoms with Gasteiger partial charge < -0.3 is 4.42 Å². The average molecular weight is 239 g/mol. The maximum atomic E-state index is 12.7. The lowest BCUT2D eigenvalue weighted by atomic mass is 10.0. The van der Waals surface area contributed by atoms with Gasteiger partial charge in [-0.1, -0.05) is 12.1 Å². The molecule has 0 amide bonds. The number of hydrogen-bond donors (Lipinski definition) is 0. The van der Waals surface area contributed by atoms with Crippen LogP contribution in [-0.2, 0) is 6.42 Å². The van der Waals surface area contributed by atoms with Crippen LogP contribution in [0.3, 0.4) is 0 Å². The fourth-order valence-corrected chi connectivity index (χ4v) is 2.06. The molecule has 0 bridgehead atoms. The first-order valence-electron chi connectivity index (χ1n) is 5.09. The molecule has 0 aliphatic carbocycles. The van der Waals surface area contributed by atoms with Crippen molar-refractivity contribution in [3.05, 3.63) is 59.3 Å². The molecule has 2 aromatic rings. The normalized spacial score (nSPS) is 12.7. The van der Waals surface area contributed by atoms with Gasteiger partial charge in [0.15, 0.2) is 0 Å². The van der Waals surface area contributed by atoms with Gasteiger partial charge in [0.1, 0.15) is 11.6 Å². The molecule has 2 rings (SSSR count). The van der Waals surface area contributed by atoms with Gasteiger partial charge in [-0.25, -0.2) is 4.39 Å². The summed E-state index contributed by atoms with van der Waals surface area (Å²) in [5.41, 5.74) is 2.01. The molecule has 0 aliphatic rings. The van der Waals surface area contributed by atoms with E-state index in [1.807, 2.05) is 13.0 Å². The Morgan fingerprint density at radius 2 is 1.94 bits per heavy atom. The number of furan rings is 1. The summed E-state index contributed by atoms with van der Waals surface area (Å²) in [4.78, 5) is 0. The van der Waals surface area contributed by atoms with Crippen molar-refractivity contribution in [3.63, 3.8) is 0 Å². The molecule has 1 heterocycles. The van der Waals surface area contributed by atoms with E-state index in [0.29, 0.717) is 6.42 Å². The van der Waals surface area contributed by atoms with Crippen molar-refractivity contribution >= 4 is 11.6 Å². The molecule has 0 spiro atoms. The van der Waals surface area contributed by atoms with Crippen LogP contribution in [0.4, 0.5) is 4.39 Å². The Morgan fingerprint density at radius 1 is 1.25 bits per heavy atom. The number of rotatable bonds is 3. The fourth-order valence-electron chi connectivity index (χ4n) is 1.66. The van der Waals surface area contributed by atoms with E-state index in [4.69, 9.17) is 16.0 Å². The molecule has 1 atom stereocenters. The Balaban J connectivity index is 2.10. The average Bonchev–Trinajstić information content (AvgIpc) is 2.68. The van der Waals surface area contributed by atoms with Crippen molar-refractivity contribution in [2.24, 2.45) is 0 Å². The van der Waals surface area contributed by atoms with Gasteiger partial charge in [0.25, 0.3) is 0 Å². The van der Waals surface area contributed by atoms with Crippen LogP contribution in [-0.4, -0.2) is 0 Å². The fraction of sp³-hybridized carbons (Fsp3) is 0.231. The molecule has 0 fully saturated rings. The van der Waals surface area contributed by atoms with Crippen molar-refractivity contribution < 1.29 is 8.81 Å². The summed E-state index contributed by atoms with van der Waals surface area (Å²) in [5, 5.41) is -0.135. The van der Waals surface area contributed by atoms with Crippen LogP contribution in [0.1, 0.15) is 22.3 Å². The lowest BCUT2D eigenvalue weighted by Crippen LogP contribution is -1.96. The van der Waals surface area contributed by atoms with E-state index >= 15 is 0 Å². The molecule has 0 saturated carbocycles. The summed E-state index contributed by atoms with van der Waals surface area (Å²) < 4.78 is 17.9. The van der Waals surface area contributed by atoms with Gasteiger partial charge in [-0.05, 0) is 37.1 Å². The van der Waals surface area contributed by atoms with E-state index in [2.05, 4.69) is 0 Å². The summed E-state index contributed by atoms with van der Waals surface area (Å²) >= 11 is 6.27.